The summed E-state index contributed by atoms with van der Waals surface area (Å²) in [5.41, 5.74) is 0.356. The number of hydrogen-bond donors (Lipinski definition) is 1. The van der Waals surface area contributed by atoms with Gasteiger partial charge in [-0.25, -0.2) is 14.4 Å². The summed E-state index contributed by atoms with van der Waals surface area (Å²) in [7, 11) is -1.08. The number of rotatable bonds is 11. The van der Waals surface area contributed by atoms with Gasteiger partial charge < -0.3 is 14.5 Å². The van der Waals surface area contributed by atoms with Gasteiger partial charge in [0.05, 0.1) is 11.8 Å². The number of carbonyl (C=O) groups is 1. The molecule has 5 heterocycles. The number of hydrogen-bond acceptors (Lipinski definition) is 9. The second-order valence-corrected chi connectivity index (χ2v) is 16.8. The van der Waals surface area contributed by atoms with E-state index in [1.165, 1.54) is 35.4 Å². The number of aromatic nitrogens is 4. The van der Waals surface area contributed by atoms with Crippen LogP contribution in [0.2, 0.25) is 5.15 Å². The molecule has 1 N–H and O–H groups in total. The van der Waals surface area contributed by atoms with Crippen molar-refractivity contribution >= 4 is 39.6 Å². The Morgan fingerprint density at radius 2 is 1.90 bits per heavy atom. The summed E-state index contributed by atoms with van der Waals surface area (Å²) in [4.78, 5) is 29.1. The molecule has 0 saturated carbocycles. The second-order valence-electron chi connectivity index (χ2n) is 14.5. The van der Waals surface area contributed by atoms with E-state index in [0.29, 0.717) is 28.2 Å². The molecular weight excluding hydrogens is 682 g/mol. The van der Waals surface area contributed by atoms with Crippen LogP contribution in [0.3, 0.4) is 0 Å². The number of amides is 1. The predicted octanol–water partition coefficient (Wildman–Crippen LogP) is 4.17. The Labute approximate surface area is 300 Å². The molecule has 1 unspecified atom stereocenters. The van der Waals surface area contributed by atoms with Crippen LogP contribution in [0.5, 0.6) is 11.5 Å². The van der Waals surface area contributed by atoms with Crippen LogP contribution in [0.1, 0.15) is 63.7 Å². The summed E-state index contributed by atoms with van der Waals surface area (Å²) in [5.74, 6) is 0.574. The minimum atomic E-state index is -2.79. The zero-order valence-electron chi connectivity index (χ0n) is 29.5. The van der Waals surface area contributed by atoms with Crippen molar-refractivity contribution in [2.24, 2.45) is 12.5 Å². The quantitative estimate of drug-likeness (QED) is 0.291. The number of carbonyl (C=O) groups excluding carboxylic acids is 1. The number of nitrogens with zero attached hydrogens (tertiary/aromatic N) is 7. The van der Waals surface area contributed by atoms with Crippen LogP contribution >= 0.6 is 11.6 Å². The summed E-state index contributed by atoms with van der Waals surface area (Å²) in [6.07, 6.45) is 8.56. The zero-order chi connectivity index (χ0) is 35.8. The van der Waals surface area contributed by atoms with E-state index in [1.807, 2.05) is 27.7 Å². The monoisotopic (exact) mass is 728 g/mol. The molecular formula is C34H47BClFN8O4S. The normalized spacial score (nSPS) is 22.0. The van der Waals surface area contributed by atoms with Crippen molar-refractivity contribution in [2.75, 3.05) is 44.2 Å². The van der Waals surface area contributed by atoms with Crippen LogP contribution < -0.4 is 14.4 Å². The van der Waals surface area contributed by atoms with Gasteiger partial charge in [0.1, 0.15) is 17.9 Å². The van der Waals surface area contributed by atoms with E-state index < -0.39 is 15.4 Å². The van der Waals surface area contributed by atoms with Crippen LogP contribution in [0.15, 0.2) is 41.8 Å². The Morgan fingerprint density at radius 3 is 2.52 bits per heavy atom. The van der Waals surface area contributed by atoms with Crippen molar-refractivity contribution in [1.29, 1.82) is 0 Å². The first kappa shape index (κ1) is 36.7. The van der Waals surface area contributed by atoms with Crippen molar-refractivity contribution in [3.63, 3.8) is 0 Å². The Kier molecular flexibility index (Phi) is 10.9. The van der Waals surface area contributed by atoms with E-state index in [0.717, 1.165) is 58.4 Å². The topological polar surface area (TPSA) is 118 Å². The van der Waals surface area contributed by atoms with Gasteiger partial charge in [-0.15, -0.1) is 0 Å². The van der Waals surface area contributed by atoms with Crippen molar-refractivity contribution in [3.8, 4) is 11.5 Å². The molecule has 3 fully saturated rings. The van der Waals surface area contributed by atoms with E-state index in [4.69, 9.17) is 21.1 Å². The first-order valence-corrected chi connectivity index (χ1v) is 19.4. The van der Waals surface area contributed by atoms with E-state index in [9.17, 15) is 13.4 Å². The van der Waals surface area contributed by atoms with Gasteiger partial charge in [0.15, 0.2) is 11.6 Å². The molecule has 0 bridgehead atoms. The molecule has 270 valence electrons. The van der Waals surface area contributed by atoms with Gasteiger partial charge in [-0.2, -0.15) is 0 Å². The van der Waals surface area contributed by atoms with Crippen molar-refractivity contribution in [2.45, 2.75) is 82.5 Å². The number of halogens is 2. The summed E-state index contributed by atoms with van der Waals surface area (Å²) in [5, 5.41) is 4.41. The van der Waals surface area contributed by atoms with Gasteiger partial charge in [0, 0.05) is 12.1 Å². The molecule has 12 nitrogen and oxygen atoms in total. The predicted molar refractivity (Wildman–Crippen MR) is 193 cm³/mol. The number of piperidine rings is 1. The molecule has 0 aliphatic carbocycles. The van der Waals surface area contributed by atoms with E-state index in [2.05, 4.69) is 36.3 Å². The summed E-state index contributed by atoms with van der Waals surface area (Å²) in [6.45, 7) is 16.6. The molecule has 16 heteroatoms. The van der Waals surface area contributed by atoms with Gasteiger partial charge in [0.25, 0.3) is 5.91 Å². The second kappa shape index (κ2) is 14.9. The molecule has 1 amide bonds. The third kappa shape index (κ3) is 7.86. The number of nitrogens with one attached hydrogen (secondary N) is 1. The van der Waals surface area contributed by atoms with E-state index in [1.54, 1.807) is 18.1 Å². The summed E-state index contributed by atoms with van der Waals surface area (Å²) >= 11 is 6.27. The van der Waals surface area contributed by atoms with Crippen LogP contribution in [0.25, 0.3) is 0 Å². The fourth-order valence-corrected chi connectivity index (χ4v) is 9.37. The fraction of sp³-hybridized carbons (Fsp3) is 0.588. The molecule has 50 heavy (non-hydrogen) atoms. The zero-order valence-corrected chi connectivity index (χ0v) is 31.1. The van der Waals surface area contributed by atoms with Gasteiger partial charge >= 0.3 is 162 Å². The number of anilines is 1. The number of ether oxygens (including phenoxy) is 2. The third-order valence-electron chi connectivity index (χ3n) is 10.0. The minimum absolute atomic E-state index is 0.0680. The first-order chi connectivity index (χ1) is 23.7. The Balaban J connectivity index is 1.01. The average Bonchev–Trinajstić information content (AvgIpc) is 3.40. The van der Waals surface area contributed by atoms with Crippen molar-refractivity contribution < 1.29 is 22.9 Å². The van der Waals surface area contributed by atoms with E-state index in [-0.39, 0.29) is 46.9 Å². The molecule has 1 spiro atoms. The standard InChI is InChI=1S/C34H47BClFN8O4S/c1-22(2)45(23(3)4)33(46)27-14-24(37)6-9-28(27)49-29-15-38-21-39-32(29)44-19-34(20-44)10-12-43(13-11-34)17-26-8-7-25(18-48-26)41-50(35,47)30-16-40-42(5)31(30)36/h6,9,14-16,21-23,25-26,35H,7-8,10-13,17-20H2,1-5H3,(H,41,47)/t25-,26+,50?/m1/s1. The molecule has 3 aliphatic rings. The third-order valence-corrected chi connectivity index (χ3v) is 12.3. The maximum absolute atomic E-state index is 14.4. The molecule has 3 atom stereocenters. The molecule has 3 aromatic rings. The van der Waals surface area contributed by atoms with Gasteiger partial charge in [0.2, 0.25) is 0 Å². The first-order valence-electron chi connectivity index (χ1n) is 17.3. The van der Waals surface area contributed by atoms with Gasteiger partial charge in [-0.05, 0) is 45.9 Å². The Hall–Kier alpha value is -3.11. The maximum atomic E-state index is 14.4. The molecule has 3 aliphatic heterocycles. The van der Waals surface area contributed by atoms with Gasteiger partial charge in [-0.1, -0.05) is 0 Å². The van der Waals surface area contributed by atoms with Crippen LogP contribution in [0, 0.1) is 11.2 Å². The van der Waals surface area contributed by atoms with Crippen molar-refractivity contribution in [1.82, 2.24) is 34.3 Å². The van der Waals surface area contributed by atoms with Crippen LogP contribution in [0.4, 0.5) is 10.2 Å². The van der Waals surface area contributed by atoms with Gasteiger partial charge in [-0.3, -0.25) is 4.79 Å². The summed E-state index contributed by atoms with van der Waals surface area (Å²) in [6, 6.07) is 3.82. The van der Waals surface area contributed by atoms with Crippen LogP contribution in [-0.2, 0) is 21.3 Å². The molecule has 1 aromatic carbocycles. The molecule has 2 aromatic heterocycles. The summed E-state index contributed by atoms with van der Waals surface area (Å²) < 4.78 is 44.8. The SMILES string of the molecule is B=S(=O)(N[C@@H]1CC[C@@H](CN2CCC3(CC2)CN(c2ncncc2Oc2ccc(F)cc2C(=O)N(C(C)C)C(C)C)C3)OC1)c1cnn(C)c1Cl. The molecule has 3 saturated heterocycles. The average molecular weight is 729 g/mol. The Morgan fingerprint density at radius 1 is 1.18 bits per heavy atom. The van der Waals surface area contributed by atoms with Crippen molar-refractivity contribution in [3.05, 3.63) is 53.5 Å². The number of likely N-dealkylation sites (tertiary alicyclic amines) is 1. The molecule has 6 rings (SSSR count). The van der Waals surface area contributed by atoms with Crippen LogP contribution in [-0.4, -0.2) is 110 Å². The number of benzene rings is 1. The Bertz CT molecular complexity index is 1780. The number of aryl methyl sites for hydroxylation is 1. The molecule has 0 radical (unpaired) electrons. The van der Waals surface area contributed by atoms with E-state index >= 15 is 0 Å². The fourth-order valence-electron chi connectivity index (χ4n) is 7.43.